The van der Waals surface area contributed by atoms with Crippen LogP contribution in [0.25, 0.3) is 5.65 Å². The third-order valence-corrected chi connectivity index (χ3v) is 5.67. The number of nitrogens with one attached hydrogen (secondary N) is 1. The number of aromatic nitrogens is 2. The van der Waals surface area contributed by atoms with Gasteiger partial charge in [0.25, 0.3) is 5.91 Å². The lowest BCUT2D eigenvalue weighted by atomic mass is 10.0. The molecule has 0 radical (unpaired) electrons. The predicted octanol–water partition coefficient (Wildman–Crippen LogP) is 0.950. The monoisotopic (exact) mass is 307 g/mol. The van der Waals surface area contributed by atoms with Crippen LogP contribution in [0.1, 0.15) is 29.4 Å². The van der Waals surface area contributed by atoms with Gasteiger partial charge in [-0.25, -0.2) is 13.4 Å². The normalized spacial score (nSPS) is 24.3. The Balaban J connectivity index is 1.84. The number of carbonyl (C=O) groups is 1. The first kappa shape index (κ1) is 14.1. The van der Waals surface area contributed by atoms with Crippen molar-refractivity contribution >= 4 is 21.4 Å². The molecule has 0 unspecified atom stereocenters. The van der Waals surface area contributed by atoms with Crippen LogP contribution in [-0.4, -0.2) is 40.8 Å². The summed E-state index contributed by atoms with van der Waals surface area (Å²) in [5.41, 5.74) is 1.35. The number of fused-ring (bicyclic) bond motifs is 1. The molecule has 1 fully saturated rings. The molecule has 21 heavy (non-hydrogen) atoms. The largest absolute Gasteiger partial charge is 0.344 e. The molecule has 0 saturated carbocycles. The summed E-state index contributed by atoms with van der Waals surface area (Å²) in [5.74, 6) is -0.234. The molecule has 2 aromatic rings. The van der Waals surface area contributed by atoms with Crippen molar-refractivity contribution in [2.75, 3.05) is 11.5 Å². The Morgan fingerprint density at radius 2 is 2.24 bits per heavy atom. The highest BCUT2D eigenvalue weighted by molar-refractivity contribution is 7.91. The molecule has 1 aliphatic rings. The Labute approximate surface area is 123 Å². The number of carbonyl (C=O) groups excluding carboxylic acids is 1. The van der Waals surface area contributed by atoms with Crippen molar-refractivity contribution in [1.82, 2.24) is 14.7 Å². The smallest absolute Gasteiger partial charge is 0.271 e. The predicted molar refractivity (Wildman–Crippen MR) is 79.1 cm³/mol. The molecule has 1 atom stereocenters. The van der Waals surface area contributed by atoms with E-state index in [9.17, 15) is 13.2 Å². The highest BCUT2D eigenvalue weighted by Crippen LogP contribution is 2.23. The van der Waals surface area contributed by atoms with E-state index in [1.54, 1.807) is 17.5 Å². The first-order valence-electron chi connectivity index (χ1n) is 6.75. The molecule has 2 aromatic heterocycles. The zero-order valence-corrected chi connectivity index (χ0v) is 12.8. The second kappa shape index (κ2) is 4.56. The second-order valence-electron chi connectivity index (χ2n) is 5.95. The van der Waals surface area contributed by atoms with Gasteiger partial charge in [-0.05, 0) is 38.0 Å². The Morgan fingerprint density at radius 1 is 1.48 bits per heavy atom. The molecule has 0 aromatic carbocycles. The van der Waals surface area contributed by atoms with Gasteiger partial charge < -0.3 is 9.72 Å². The average Bonchev–Trinajstić information content (AvgIpc) is 2.90. The molecule has 0 bridgehead atoms. The fourth-order valence-corrected chi connectivity index (χ4v) is 4.73. The molecule has 112 valence electrons. The van der Waals surface area contributed by atoms with Crippen molar-refractivity contribution in [2.45, 2.75) is 25.8 Å². The minimum Gasteiger partial charge on any atom is -0.344 e. The van der Waals surface area contributed by atoms with Gasteiger partial charge >= 0.3 is 0 Å². The lowest BCUT2D eigenvalue weighted by Crippen LogP contribution is -2.47. The molecule has 3 rings (SSSR count). The van der Waals surface area contributed by atoms with Gasteiger partial charge in [-0.1, -0.05) is 0 Å². The van der Waals surface area contributed by atoms with Gasteiger partial charge in [0.15, 0.2) is 9.84 Å². The summed E-state index contributed by atoms with van der Waals surface area (Å²) < 4.78 is 24.9. The first-order chi connectivity index (χ1) is 9.76. The molecular weight excluding hydrogens is 290 g/mol. The summed E-state index contributed by atoms with van der Waals surface area (Å²) >= 11 is 0. The zero-order valence-electron chi connectivity index (χ0n) is 12.0. The van der Waals surface area contributed by atoms with Gasteiger partial charge in [-0.15, -0.1) is 0 Å². The number of pyridine rings is 1. The Kier molecular flexibility index (Phi) is 3.05. The lowest BCUT2D eigenvalue weighted by Gasteiger charge is -2.23. The lowest BCUT2D eigenvalue weighted by molar-refractivity contribution is 0.0911. The van der Waals surface area contributed by atoms with Gasteiger partial charge in [-0.3, -0.25) is 4.79 Å². The van der Waals surface area contributed by atoms with Crippen LogP contribution in [0.2, 0.25) is 0 Å². The minimum absolute atomic E-state index is 0.0157. The quantitative estimate of drug-likeness (QED) is 0.896. The number of nitrogens with zero attached hydrogens (tertiary/aromatic N) is 2. The SMILES string of the molecule is Cc1ccn2cc(C(=O)N[C@@]3(C)CCS(=O)(=O)C3)nc2c1. The highest BCUT2D eigenvalue weighted by atomic mass is 32.2. The molecule has 0 spiro atoms. The summed E-state index contributed by atoms with van der Waals surface area (Å²) in [5, 5.41) is 2.81. The van der Waals surface area contributed by atoms with Crippen molar-refractivity contribution in [2.24, 2.45) is 0 Å². The fourth-order valence-electron chi connectivity index (χ4n) is 2.64. The van der Waals surface area contributed by atoms with E-state index in [1.165, 1.54) is 0 Å². The van der Waals surface area contributed by atoms with Crippen LogP contribution < -0.4 is 5.32 Å². The van der Waals surface area contributed by atoms with E-state index in [2.05, 4.69) is 10.3 Å². The van der Waals surface area contributed by atoms with E-state index < -0.39 is 15.4 Å². The van der Waals surface area contributed by atoms with E-state index in [0.29, 0.717) is 17.8 Å². The number of rotatable bonds is 2. The maximum atomic E-state index is 12.3. The first-order valence-corrected chi connectivity index (χ1v) is 8.57. The van der Waals surface area contributed by atoms with E-state index >= 15 is 0 Å². The number of imidazole rings is 1. The van der Waals surface area contributed by atoms with Crippen LogP contribution in [0.3, 0.4) is 0 Å². The molecule has 1 N–H and O–H groups in total. The molecule has 6 nitrogen and oxygen atoms in total. The van der Waals surface area contributed by atoms with E-state index in [1.807, 2.05) is 25.3 Å². The number of hydrogen-bond acceptors (Lipinski definition) is 4. The van der Waals surface area contributed by atoms with Gasteiger partial charge in [-0.2, -0.15) is 0 Å². The summed E-state index contributed by atoms with van der Waals surface area (Å²) in [6.45, 7) is 3.72. The number of sulfone groups is 1. The van der Waals surface area contributed by atoms with Crippen molar-refractivity contribution in [3.05, 3.63) is 35.8 Å². The van der Waals surface area contributed by atoms with Crippen LogP contribution in [0, 0.1) is 6.92 Å². The molecule has 1 amide bonds. The van der Waals surface area contributed by atoms with Crippen molar-refractivity contribution in [1.29, 1.82) is 0 Å². The fraction of sp³-hybridized carbons (Fsp3) is 0.429. The summed E-state index contributed by atoms with van der Waals surface area (Å²) in [6, 6.07) is 3.82. The summed E-state index contributed by atoms with van der Waals surface area (Å²) in [4.78, 5) is 16.6. The average molecular weight is 307 g/mol. The van der Waals surface area contributed by atoms with Crippen molar-refractivity contribution in [3.8, 4) is 0 Å². The van der Waals surface area contributed by atoms with Crippen molar-refractivity contribution < 1.29 is 13.2 Å². The second-order valence-corrected chi connectivity index (χ2v) is 8.14. The third kappa shape index (κ3) is 2.78. The minimum atomic E-state index is -3.05. The van der Waals surface area contributed by atoms with Gasteiger partial charge in [0.2, 0.25) is 0 Å². The van der Waals surface area contributed by atoms with Gasteiger partial charge in [0.1, 0.15) is 11.3 Å². The van der Waals surface area contributed by atoms with E-state index in [0.717, 1.165) is 5.56 Å². The number of aryl methyl sites for hydroxylation is 1. The van der Waals surface area contributed by atoms with Gasteiger partial charge in [0, 0.05) is 12.4 Å². The topological polar surface area (TPSA) is 80.5 Å². The van der Waals surface area contributed by atoms with Crippen LogP contribution in [0.5, 0.6) is 0 Å². The molecule has 1 aliphatic heterocycles. The standard InChI is InChI=1S/C14H17N3O3S/c1-10-3-5-17-8-11(15-12(17)7-10)13(18)16-14(2)4-6-21(19,20)9-14/h3,5,7-8H,4,6,9H2,1-2H3,(H,16,18)/t14-/m0/s1. The number of amides is 1. The van der Waals surface area contributed by atoms with Crippen LogP contribution in [0.15, 0.2) is 24.5 Å². The summed E-state index contributed by atoms with van der Waals surface area (Å²) in [7, 11) is -3.05. The molecule has 0 aliphatic carbocycles. The van der Waals surface area contributed by atoms with Gasteiger partial charge in [0.05, 0.1) is 17.0 Å². The summed E-state index contributed by atoms with van der Waals surface area (Å²) in [6.07, 6.45) is 3.93. The van der Waals surface area contributed by atoms with Crippen LogP contribution in [0.4, 0.5) is 0 Å². The van der Waals surface area contributed by atoms with E-state index in [4.69, 9.17) is 0 Å². The molecule has 7 heteroatoms. The zero-order chi connectivity index (χ0) is 15.3. The van der Waals surface area contributed by atoms with Crippen LogP contribution in [-0.2, 0) is 9.84 Å². The van der Waals surface area contributed by atoms with Crippen LogP contribution >= 0.6 is 0 Å². The Bertz CT molecular complexity index is 825. The molecule has 3 heterocycles. The maximum Gasteiger partial charge on any atom is 0.271 e. The Hall–Kier alpha value is -1.89. The molecular formula is C14H17N3O3S. The third-order valence-electron chi connectivity index (χ3n) is 3.77. The maximum absolute atomic E-state index is 12.3. The van der Waals surface area contributed by atoms with E-state index in [-0.39, 0.29) is 17.4 Å². The Morgan fingerprint density at radius 3 is 2.90 bits per heavy atom. The highest BCUT2D eigenvalue weighted by Gasteiger charge is 2.39. The number of hydrogen-bond donors (Lipinski definition) is 1. The molecule has 1 saturated heterocycles. The van der Waals surface area contributed by atoms with Crippen molar-refractivity contribution in [3.63, 3.8) is 0 Å².